The van der Waals surface area contributed by atoms with E-state index in [0.717, 1.165) is 11.5 Å². The third-order valence-electron chi connectivity index (χ3n) is 2.38. The lowest BCUT2D eigenvalue weighted by molar-refractivity contribution is 0.0943. The number of thioether (sulfide) groups is 1. The summed E-state index contributed by atoms with van der Waals surface area (Å²) in [6.45, 7) is 5.80. The summed E-state index contributed by atoms with van der Waals surface area (Å²) in [6, 6.07) is 4.34. The number of amides is 1. The Morgan fingerprint density at radius 1 is 1.53 bits per heavy atom. The highest BCUT2D eigenvalue weighted by atomic mass is 32.2. The summed E-state index contributed by atoms with van der Waals surface area (Å²) in [6.07, 6.45) is 0. The lowest BCUT2D eigenvalue weighted by atomic mass is 10.1. The van der Waals surface area contributed by atoms with Crippen molar-refractivity contribution in [3.8, 4) is 0 Å². The molecular weight excluding hydrogens is 237 g/mol. The fourth-order valence-electron chi connectivity index (χ4n) is 1.52. The summed E-state index contributed by atoms with van der Waals surface area (Å²) in [7, 11) is 0. The molecule has 17 heavy (non-hydrogen) atoms. The maximum Gasteiger partial charge on any atom is 0.251 e. The van der Waals surface area contributed by atoms with Crippen LogP contribution < -0.4 is 5.32 Å². The second-order valence-corrected chi connectivity index (χ2v) is 5.31. The van der Waals surface area contributed by atoms with Gasteiger partial charge in [0.25, 0.3) is 5.91 Å². The highest BCUT2D eigenvalue weighted by molar-refractivity contribution is 7.99. The standard InChI is InChI=1S/C13H18FNOS/c1-4-17-8-10(3)15-13(16)12-6-5-11(14)7-9(12)2/h5-7,10H,4,8H2,1-3H3,(H,15,16). The summed E-state index contributed by atoms with van der Waals surface area (Å²) in [5.74, 6) is 1.48. The number of aryl methyl sites for hydroxylation is 1. The molecule has 0 aliphatic rings. The van der Waals surface area contributed by atoms with Crippen LogP contribution in [-0.4, -0.2) is 23.5 Å². The average Bonchev–Trinajstić information content (AvgIpc) is 2.26. The maximum absolute atomic E-state index is 12.9. The third-order valence-corrected chi connectivity index (χ3v) is 3.53. The van der Waals surface area contributed by atoms with Crippen LogP contribution in [0.1, 0.15) is 29.8 Å². The van der Waals surface area contributed by atoms with Crippen molar-refractivity contribution in [2.45, 2.75) is 26.8 Å². The Kier molecular flexibility index (Phi) is 5.48. The van der Waals surface area contributed by atoms with Gasteiger partial charge in [0.1, 0.15) is 5.82 Å². The molecular formula is C13H18FNOS. The quantitative estimate of drug-likeness (QED) is 0.876. The molecule has 1 aromatic rings. The van der Waals surface area contributed by atoms with Gasteiger partial charge in [0.05, 0.1) is 0 Å². The summed E-state index contributed by atoms with van der Waals surface area (Å²) in [4.78, 5) is 11.9. The highest BCUT2D eigenvalue weighted by Crippen LogP contribution is 2.10. The van der Waals surface area contributed by atoms with Crippen molar-refractivity contribution in [3.05, 3.63) is 35.1 Å². The molecule has 1 N–H and O–H groups in total. The van der Waals surface area contributed by atoms with E-state index < -0.39 is 0 Å². The number of nitrogens with one attached hydrogen (secondary N) is 1. The van der Waals surface area contributed by atoms with Crippen molar-refractivity contribution in [1.29, 1.82) is 0 Å². The summed E-state index contributed by atoms with van der Waals surface area (Å²) < 4.78 is 12.9. The molecule has 1 aromatic carbocycles. The third kappa shape index (κ3) is 4.38. The Balaban J connectivity index is 2.63. The Morgan fingerprint density at radius 3 is 2.82 bits per heavy atom. The molecule has 0 saturated carbocycles. The maximum atomic E-state index is 12.9. The van der Waals surface area contributed by atoms with Crippen molar-refractivity contribution in [2.75, 3.05) is 11.5 Å². The van der Waals surface area contributed by atoms with E-state index in [2.05, 4.69) is 12.2 Å². The number of carbonyl (C=O) groups excluding carboxylic acids is 1. The minimum Gasteiger partial charge on any atom is -0.349 e. The van der Waals surface area contributed by atoms with Crippen LogP contribution in [0.15, 0.2) is 18.2 Å². The first kappa shape index (κ1) is 14.0. The molecule has 0 aromatic heterocycles. The van der Waals surface area contributed by atoms with E-state index in [4.69, 9.17) is 0 Å². The number of hydrogen-bond donors (Lipinski definition) is 1. The molecule has 1 rings (SSSR count). The van der Waals surface area contributed by atoms with Gasteiger partial charge in [-0.15, -0.1) is 0 Å². The number of rotatable bonds is 5. The van der Waals surface area contributed by atoms with Crippen molar-refractivity contribution in [2.24, 2.45) is 0 Å². The van der Waals surface area contributed by atoms with Crippen LogP contribution in [0.5, 0.6) is 0 Å². The number of carbonyl (C=O) groups is 1. The molecule has 1 amide bonds. The Bertz CT molecular complexity index is 395. The molecule has 4 heteroatoms. The van der Waals surface area contributed by atoms with Crippen LogP contribution in [0.2, 0.25) is 0 Å². The van der Waals surface area contributed by atoms with Crippen LogP contribution >= 0.6 is 11.8 Å². The van der Waals surface area contributed by atoms with Gasteiger partial charge >= 0.3 is 0 Å². The van der Waals surface area contributed by atoms with Gasteiger partial charge in [-0.2, -0.15) is 11.8 Å². The second-order valence-electron chi connectivity index (χ2n) is 3.99. The number of benzene rings is 1. The Labute approximate surface area is 106 Å². The minimum atomic E-state index is -0.311. The molecule has 0 fully saturated rings. The summed E-state index contributed by atoms with van der Waals surface area (Å²) in [5.41, 5.74) is 1.21. The predicted octanol–water partition coefficient (Wildman–Crippen LogP) is 3.01. The molecule has 0 saturated heterocycles. The van der Waals surface area contributed by atoms with Gasteiger partial charge < -0.3 is 5.32 Å². The van der Waals surface area contributed by atoms with Gasteiger partial charge in [-0.3, -0.25) is 4.79 Å². The molecule has 0 heterocycles. The van der Waals surface area contributed by atoms with E-state index >= 15 is 0 Å². The molecule has 0 aliphatic carbocycles. The highest BCUT2D eigenvalue weighted by Gasteiger charge is 2.12. The van der Waals surface area contributed by atoms with E-state index in [9.17, 15) is 9.18 Å². The van der Waals surface area contributed by atoms with E-state index in [1.807, 2.05) is 6.92 Å². The zero-order valence-corrected chi connectivity index (χ0v) is 11.2. The SMILES string of the molecule is CCSCC(C)NC(=O)c1ccc(F)cc1C. The van der Waals surface area contributed by atoms with Crippen LogP contribution in [0, 0.1) is 12.7 Å². The zero-order valence-electron chi connectivity index (χ0n) is 10.4. The minimum absolute atomic E-state index is 0.122. The van der Waals surface area contributed by atoms with Gasteiger partial charge in [-0.1, -0.05) is 6.92 Å². The molecule has 0 radical (unpaired) electrons. The van der Waals surface area contributed by atoms with Gasteiger partial charge in [-0.25, -0.2) is 4.39 Å². The van der Waals surface area contributed by atoms with Crippen molar-refractivity contribution in [1.82, 2.24) is 5.32 Å². The molecule has 0 aliphatic heterocycles. The van der Waals surface area contributed by atoms with Crippen molar-refractivity contribution < 1.29 is 9.18 Å². The van der Waals surface area contributed by atoms with Gasteiger partial charge in [0, 0.05) is 17.4 Å². The summed E-state index contributed by atoms with van der Waals surface area (Å²) in [5, 5.41) is 2.91. The van der Waals surface area contributed by atoms with Crippen LogP contribution in [0.4, 0.5) is 4.39 Å². The zero-order chi connectivity index (χ0) is 12.8. The van der Waals surface area contributed by atoms with E-state index in [0.29, 0.717) is 11.1 Å². The normalized spacial score (nSPS) is 12.2. The van der Waals surface area contributed by atoms with Crippen LogP contribution in [0.25, 0.3) is 0 Å². The van der Waals surface area contributed by atoms with E-state index in [1.54, 1.807) is 18.7 Å². The van der Waals surface area contributed by atoms with Crippen molar-refractivity contribution in [3.63, 3.8) is 0 Å². The Morgan fingerprint density at radius 2 is 2.24 bits per heavy atom. The lowest BCUT2D eigenvalue weighted by Crippen LogP contribution is -2.34. The van der Waals surface area contributed by atoms with E-state index in [-0.39, 0.29) is 17.8 Å². The Hall–Kier alpha value is -1.03. The van der Waals surface area contributed by atoms with Crippen LogP contribution in [0.3, 0.4) is 0 Å². The predicted molar refractivity (Wildman–Crippen MR) is 71.1 cm³/mol. The van der Waals surface area contributed by atoms with E-state index in [1.165, 1.54) is 18.2 Å². The molecule has 0 bridgehead atoms. The van der Waals surface area contributed by atoms with Gasteiger partial charge in [-0.05, 0) is 43.4 Å². The van der Waals surface area contributed by atoms with Gasteiger partial charge in [0.2, 0.25) is 0 Å². The van der Waals surface area contributed by atoms with Crippen LogP contribution in [-0.2, 0) is 0 Å². The average molecular weight is 255 g/mol. The number of halogens is 1. The molecule has 2 nitrogen and oxygen atoms in total. The first-order chi connectivity index (χ1) is 8.04. The first-order valence-electron chi connectivity index (χ1n) is 5.69. The summed E-state index contributed by atoms with van der Waals surface area (Å²) >= 11 is 1.79. The smallest absolute Gasteiger partial charge is 0.251 e. The largest absolute Gasteiger partial charge is 0.349 e. The monoisotopic (exact) mass is 255 g/mol. The van der Waals surface area contributed by atoms with Crippen molar-refractivity contribution >= 4 is 17.7 Å². The lowest BCUT2D eigenvalue weighted by Gasteiger charge is -2.14. The topological polar surface area (TPSA) is 29.1 Å². The molecule has 1 unspecified atom stereocenters. The molecule has 94 valence electrons. The fourth-order valence-corrected chi connectivity index (χ4v) is 2.19. The number of hydrogen-bond acceptors (Lipinski definition) is 2. The first-order valence-corrected chi connectivity index (χ1v) is 6.84. The molecule has 0 spiro atoms. The second kappa shape index (κ2) is 6.64. The fraction of sp³-hybridized carbons (Fsp3) is 0.462. The molecule has 1 atom stereocenters. The van der Waals surface area contributed by atoms with Gasteiger partial charge in [0.15, 0.2) is 0 Å².